The topological polar surface area (TPSA) is 29.5 Å². The first-order chi connectivity index (χ1) is 7.31. The molecule has 2 aliphatic carbocycles. The van der Waals surface area contributed by atoms with Crippen LogP contribution in [0.15, 0.2) is 0 Å². The van der Waals surface area contributed by atoms with E-state index in [2.05, 4.69) is 4.90 Å². The zero-order chi connectivity index (χ0) is 10.7. The average molecular weight is 211 g/mol. The molecule has 0 N–H and O–H groups in total. The molecule has 3 nitrogen and oxygen atoms in total. The van der Waals surface area contributed by atoms with Crippen molar-refractivity contribution in [1.82, 2.24) is 4.90 Å². The van der Waals surface area contributed by atoms with Crippen LogP contribution in [0.1, 0.15) is 44.9 Å². The minimum Gasteiger partial charge on any atom is -0.469 e. The number of rotatable bonds is 5. The third-order valence-corrected chi connectivity index (χ3v) is 3.61. The zero-order valence-electron chi connectivity index (χ0n) is 9.58. The van der Waals surface area contributed by atoms with Crippen molar-refractivity contribution in [3.05, 3.63) is 0 Å². The number of nitrogens with zero attached hydrogens (tertiary/aromatic N) is 1. The quantitative estimate of drug-likeness (QED) is 0.651. The average Bonchev–Trinajstić information content (AvgIpc) is 2.94. The SMILES string of the molecule is COC(=O)CCN(C1CCCC1)C1CC1. The summed E-state index contributed by atoms with van der Waals surface area (Å²) < 4.78 is 4.70. The Balaban J connectivity index is 1.80. The van der Waals surface area contributed by atoms with Crippen molar-refractivity contribution in [1.29, 1.82) is 0 Å². The molecule has 2 aliphatic rings. The number of methoxy groups -OCH3 is 1. The molecule has 0 atom stereocenters. The van der Waals surface area contributed by atoms with E-state index in [0.717, 1.165) is 18.6 Å². The Morgan fingerprint density at radius 2 is 1.80 bits per heavy atom. The first-order valence-electron chi connectivity index (χ1n) is 6.14. The summed E-state index contributed by atoms with van der Waals surface area (Å²) in [5.41, 5.74) is 0. The van der Waals surface area contributed by atoms with Crippen LogP contribution in [0, 0.1) is 0 Å². The maximum atomic E-state index is 11.1. The lowest BCUT2D eigenvalue weighted by Crippen LogP contribution is -2.37. The molecule has 0 aromatic carbocycles. The van der Waals surface area contributed by atoms with E-state index in [-0.39, 0.29) is 5.97 Å². The van der Waals surface area contributed by atoms with E-state index in [1.807, 2.05) is 0 Å². The lowest BCUT2D eigenvalue weighted by atomic mass is 10.2. The molecule has 0 aromatic rings. The van der Waals surface area contributed by atoms with Gasteiger partial charge < -0.3 is 4.74 Å². The highest BCUT2D eigenvalue weighted by Crippen LogP contribution is 2.34. The van der Waals surface area contributed by atoms with Gasteiger partial charge in [-0.25, -0.2) is 0 Å². The van der Waals surface area contributed by atoms with Gasteiger partial charge >= 0.3 is 5.97 Å². The third-order valence-electron chi connectivity index (χ3n) is 3.61. The van der Waals surface area contributed by atoms with E-state index in [9.17, 15) is 4.79 Å². The Morgan fingerprint density at radius 1 is 1.20 bits per heavy atom. The number of carbonyl (C=O) groups is 1. The van der Waals surface area contributed by atoms with Crippen molar-refractivity contribution in [2.45, 2.75) is 57.0 Å². The Morgan fingerprint density at radius 3 is 2.33 bits per heavy atom. The summed E-state index contributed by atoms with van der Waals surface area (Å²) in [5, 5.41) is 0. The standard InChI is InChI=1S/C12H21NO2/c1-15-12(14)8-9-13(11-6-7-11)10-4-2-3-5-10/h10-11H,2-9H2,1H3. The van der Waals surface area contributed by atoms with Gasteiger partial charge in [0.1, 0.15) is 0 Å². The van der Waals surface area contributed by atoms with Crippen LogP contribution in [0.5, 0.6) is 0 Å². The maximum absolute atomic E-state index is 11.1. The fourth-order valence-electron chi connectivity index (χ4n) is 2.63. The molecular formula is C12H21NO2. The highest BCUT2D eigenvalue weighted by molar-refractivity contribution is 5.69. The van der Waals surface area contributed by atoms with Crippen LogP contribution in [0.25, 0.3) is 0 Å². The molecule has 0 heterocycles. The molecule has 0 bridgehead atoms. The van der Waals surface area contributed by atoms with E-state index in [1.165, 1.54) is 45.6 Å². The molecule has 0 unspecified atom stereocenters. The Labute approximate surface area is 91.8 Å². The Hall–Kier alpha value is -0.570. The minimum absolute atomic E-state index is 0.0707. The van der Waals surface area contributed by atoms with Gasteiger partial charge in [0.25, 0.3) is 0 Å². The number of hydrogen-bond acceptors (Lipinski definition) is 3. The molecule has 0 spiro atoms. The van der Waals surface area contributed by atoms with E-state index >= 15 is 0 Å². The van der Waals surface area contributed by atoms with Gasteiger partial charge in [-0.1, -0.05) is 12.8 Å². The minimum atomic E-state index is -0.0707. The molecule has 2 fully saturated rings. The highest BCUT2D eigenvalue weighted by Gasteiger charge is 2.34. The van der Waals surface area contributed by atoms with E-state index in [4.69, 9.17) is 4.74 Å². The second-order valence-electron chi connectivity index (χ2n) is 4.73. The van der Waals surface area contributed by atoms with Crippen LogP contribution >= 0.6 is 0 Å². The molecule has 2 rings (SSSR count). The third kappa shape index (κ3) is 2.94. The number of carbonyl (C=O) groups excluding carboxylic acids is 1. The van der Waals surface area contributed by atoms with Gasteiger partial charge in [-0.15, -0.1) is 0 Å². The van der Waals surface area contributed by atoms with Gasteiger partial charge in [0.15, 0.2) is 0 Å². The molecule has 15 heavy (non-hydrogen) atoms. The van der Waals surface area contributed by atoms with E-state index in [0.29, 0.717) is 6.42 Å². The van der Waals surface area contributed by atoms with Crippen molar-refractivity contribution < 1.29 is 9.53 Å². The number of ether oxygens (including phenoxy) is 1. The Bertz CT molecular complexity index is 220. The van der Waals surface area contributed by atoms with Crippen LogP contribution in [0.4, 0.5) is 0 Å². The largest absolute Gasteiger partial charge is 0.469 e. The normalized spacial score (nSPS) is 22.3. The molecule has 2 saturated carbocycles. The predicted octanol–water partition coefficient (Wildman–Crippen LogP) is 1.96. The van der Waals surface area contributed by atoms with Crippen molar-refractivity contribution in [2.24, 2.45) is 0 Å². The summed E-state index contributed by atoms with van der Waals surface area (Å²) in [5.74, 6) is -0.0707. The number of esters is 1. The summed E-state index contributed by atoms with van der Waals surface area (Å²) in [6.45, 7) is 0.905. The first kappa shape index (κ1) is 10.9. The fourth-order valence-corrected chi connectivity index (χ4v) is 2.63. The maximum Gasteiger partial charge on any atom is 0.306 e. The van der Waals surface area contributed by atoms with Gasteiger partial charge in [-0.2, -0.15) is 0 Å². The summed E-state index contributed by atoms with van der Waals surface area (Å²) in [6.07, 6.45) is 8.62. The number of hydrogen-bond donors (Lipinski definition) is 0. The summed E-state index contributed by atoms with van der Waals surface area (Å²) in [7, 11) is 1.47. The smallest absolute Gasteiger partial charge is 0.306 e. The van der Waals surface area contributed by atoms with Gasteiger partial charge in [0.05, 0.1) is 13.5 Å². The molecule has 0 amide bonds. The fraction of sp³-hybridized carbons (Fsp3) is 0.917. The van der Waals surface area contributed by atoms with Crippen LogP contribution < -0.4 is 0 Å². The Kier molecular flexibility index (Phi) is 3.62. The van der Waals surface area contributed by atoms with Crippen LogP contribution in [-0.4, -0.2) is 36.6 Å². The van der Waals surface area contributed by atoms with Gasteiger partial charge in [0.2, 0.25) is 0 Å². The van der Waals surface area contributed by atoms with E-state index < -0.39 is 0 Å². The molecular weight excluding hydrogens is 190 g/mol. The van der Waals surface area contributed by atoms with Crippen LogP contribution in [0.3, 0.4) is 0 Å². The second kappa shape index (κ2) is 4.97. The van der Waals surface area contributed by atoms with E-state index in [1.54, 1.807) is 0 Å². The first-order valence-corrected chi connectivity index (χ1v) is 6.14. The molecule has 0 aromatic heterocycles. The zero-order valence-corrected chi connectivity index (χ0v) is 9.58. The van der Waals surface area contributed by atoms with Gasteiger partial charge in [-0.3, -0.25) is 9.69 Å². The lowest BCUT2D eigenvalue weighted by molar-refractivity contribution is -0.141. The second-order valence-corrected chi connectivity index (χ2v) is 4.73. The lowest BCUT2D eigenvalue weighted by Gasteiger charge is -2.28. The molecule has 3 heteroatoms. The molecule has 86 valence electrons. The molecule has 0 radical (unpaired) electrons. The van der Waals surface area contributed by atoms with Gasteiger partial charge in [0, 0.05) is 18.6 Å². The molecule has 0 aliphatic heterocycles. The van der Waals surface area contributed by atoms with Crippen molar-refractivity contribution in [3.8, 4) is 0 Å². The van der Waals surface area contributed by atoms with Crippen molar-refractivity contribution in [2.75, 3.05) is 13.7 Å². The van der Waals surface area contributed by atoms with Gasteiger partial charge in [-0.05, 0) is 25.7 Å². The summed E-state index contributed by atoms with van der Waals surface area (Å²) in [6, 6.07) is 1.53. The van der Waals surface area contributed by atoms with Crippen LogP contribution in [-0.2, 0) is 9.53 Å². The molecule has 0 saturated heterocycles. The summed E-state index contributed by atoms with van der Waals surface area (Å²) in [4.78, 5) is 13.7. The predicted molar refractivity (Wildman–Crippen MR) is 58.6 cm³/mol. The van der Waals surface area contributed by atoms with Crippen LogP contribution in [0.2, 0.25) is 0 Å². The van der Waals surface area contributed by atoms with Crippen molar-refractivity contribution >= 4 is 5.97 Å². The van der Waals surface area contributed by atoms with Crippen molar-refractivity contribution in [3.63, 3.8) is 0 Å². The monoisotopic (exact) mass is 211 g/mol. The summed E-state index contributed by atoms with van der Waals surface area (Å²) >= 11 is 0. The highest BCUT2D eigenvalue weighted by atomic mass is 16.5.